The summed E-state index contributed by atoms with van der Waals surface area (Å²) >= 11 is 0. The number of hydrogen-bond acceptors (Lipinski definition) is 3. The van der Waals surface area contributed by atoms with Crippen LogP contribution < -0.4 is 5.32 Å². The molecule has 1 rings (SSSR count). The number of carbonyl (C=O) groups excluding carboxylic acids is 1. The number of amides is 1. The summed E-state index contributed by atoms with van der Waals surface area (Å²) in [5.41, 5.74) is 0.106. The van der Waals surface area contributed by atoms with Crippen molar-refractivity contribution in [2.24, 2.45) is 0 Å². The Kier molecular flexibility index (Phi) is 6.29. The average Bonchev–Trinajstić information content (AvgIpc) is 2.42. The summed E-state index contributed by atoms with van der Waals surface area (Å²) in [5.74, 6) is -3.41. The first kappa shape index (κ1) is 18.4. The van der Waals surface area contributed by atoms with Crippen molar-refractivity contribution in [2.45, 2.75) is 51.2 Å². The lowest BCUT2D eigenvalue weighted by Crippen LogP contribution is -2.51. The van der Waals surface area contributed by atoms with Gasteiger partial charge in [0.2, 0.25) is 0 Å². The minimum Gasteiger partial charge on any atom is -0.444 e. The summed E-state index contributed by atoms with van der Waals surface area (Å²) in [6.07, 6.45) is -0.563. The van der Waals surface area contributed by atoms with E-state index in [9.17, 15) is 13.6 Å². The number of ether oxygens (including phenoxy) is 1. The van der Waals surface area contributed by atoms with Crippen LogP contribution in [0.3, 0.4) is 0 Å². The molecule has 1 aromatic rings. The number of aryl methyl sites for hydroxylation is 1. The van der Waals surface area contributed by atoms with E-state index in [0.717, 1.165) is 5.56 Å². The van der Waals surface area contributed by atoms with Crippen LogP contribution in [0.15, 0.2) is 30.3 Å². The summed E-state index contributed by atoms with van der Waals surface area (Å²) in [6.45, 7) is 3.61. The van der Waals surface area contributed by atoms with Crippen molar-refractivity contribution in [3.05, 3.63) is 35.9 Å². The molecule has 0 radical (unpaired) electrons. The summed E-state index contributed by atoms with van der Waals surface area (Å²) < 4.78 is 32.6. The van der Waals surface area contributed by atoms with Crippen LogP contribution in [0.5, 0.6) is 0 Å². The Morgan fingerprint density at radius 2 is 1.86 bits per heavy atom. The molecule has 0 aliphatic rings. The van der Waals surface area contributed by atoms with Crippen LogP contribution in [0.2, 0.25) is 0 Å². The first-order chi connectivity index (χ1) is 10.1. The third-order valence-electron chi connectivity index (χ3n) is 2.98. The standard InChI is InChI=1S/C16H23F2NO3/c1-15(2,3)22-14(21)19-13(16(17,18)11-20)10-9-12-7-5-4-6-8-12/h4-8,13,20H,9-11H2,1-3H3,(H,19,21)/t13-/m0/s1. The second kappa shape index (κ2) is 7.54. The van der Waals surface area contributed by atoms with Gasteiger partial charge in [0.05, 0.1) is 6.04 Å². The number of aliphatic hydroxyl groups is 1. The number of alkyl carbamates (subject to hydrolysis) is 1. The van der Waals surface area contributed by atoms with E-state index >= 15 is 0 Å². The Labute approximate surface area is 129 Å². The molecule has 0 aliphatic heterocycles. The third kappa shape index (κ3) is 6.39. The highest BCUT2D eigenvalue weighted by atomic mass is 19.3. The van der Waals surface area contributed by atoms with E-state index in [1.807, 2.05) is 30.3 Å². The van der Waals surface area contributed by atoms with E-state index in [4.69, 9.17) is 9.84 Å². The molecule has 0 bridgehead atoms. The van der Waals surface area contributed by atoms with Gasteiger partial charge in [0.1, 0.15) is 12.2 Å². The molecule has 0 spiro atoms. The fourth-order valence-electron chi connectivity index (χ4n) is 1.90. The van der Waals surface area contributed by atoms with Crippen LogP contribution in [0.4, 0.5) is 13.6 Å². The van der Waals surface area contributed by atoms with Gasteiger partial charge in [-0.1, -0.05) is 30.3 Å². The second-order valence-electron chi connectivity index (χ2n) is 6.14. The van der Waals surface area contributed by atoms with E-state index in [2.05, 4.69) is 5.32 Å². The van der Waals surface area contributed by atoms with Crippen molar-refractivity contribution in [3.8, 4) is 0 Å². The van der Waals surface area contributed by atoms with Crippen LogP contribution in [0, 0.1) is 0 Å². The normalized spacial score (nSPS) is 13.5. The smallest absolute Gasteiger partial charge is 0.408 e. The molecule has 0 aliphatic carbocycles. The van der Waals surface area contributed by atoms with Crippen LogP contribution >= 0.6 is 0 Å². The predicted molar refractivity (Wildman–Crippen MR) is 80.0 cm³/mol. The minimum atomic E-state index is -3.41. The van der Waals surface area contributed by atoms with Gasteiger partial charge in [-0.15, -0.1) is 0 Å². The molecule has 124 valence electrons. The summed E-state index contributed by atoms with van der Waals surface area (Å²) in [4.78, 5) is 11.7. The summed E-state index contributed by atoms with van der Waals surface area (Å²) in [7, 11) is 0. The Bertz CT molecular complexity index is 472. The fourth-order valence-corrected chi connectivity index (χ4v) is 1.90. The number of alkyl halides is 2. The molecule has 0 saturated heterocycles. The largest absolute Gasteiger partial charge is 0.444 e. The molecule has 2 N–H and O–H groups in total. The molecule has 6 heteroatoms. The third-order valence-corrected chi connectivity index (χ3v) is 2.98. The highest BCUT2D eigenvalue weighted by Gasteiger charge is 2.40. The molecule has 0 heterocycles. The van der Waals surface area contributed by atoms with Crippen molar-refractivity contribution >= 4 is 6.09 Å². The van der Waals surface area contributed by atoms with Gasteiger partial charge < -0.3 is 15.2 Å². The Balaban J connectivity index is 2.70. The van der Waals surface area contributed by atoms with Gasteiger partial charge in [-0.25, -0.2) is 13.6 Å². The SMILES string of the molecule is CC(C)(C)OC(=O)N[C@@H](CCc1ccccc1)C(F)(F)CO. The number of aliphatic hydroxyl groups excluding tert-OH is 1. The maximum atomic E-state index is 13.8. The number of rotatable bonds is 6. The van der Waals surface area contributed by atoms with Gasteiger partial charge in [-0.05, 0) is 39.2 Å². The number of halogens is 2. The zero-order chi connectivity index (χ0) is 16.8. The van der Waals surface area contributed by atoms with Gasteiger partial charge in [-0.3, -0.25) is 0 Å². The molecule has 1 amide bonds. The van der Waals surface area contributed by atoms with Gasteiger partial charge in [-0.2, -0.15) is 0 Å². The Hall–Kier alpha value is -1.69. The Morgan fingerprint density at radius 1 is 1.27 bits per heavy atom. The lowest BCUT2D eigenvalue weighted by molar-refractivity contribution is -0.0818. The van der Waals surface area contributed by atoms with Crippen LogP contribution in [0.25, 0.3) is 0 Å². The van der Waals surface area contributed by atoms with Crippen molar-refractivity contribution in [3.63, 3.8) is 0 Å². The summed E-state index contributed by atoms with van der Waals surface area (Å²) in [5, 5.41) is 11.0. The zero-order valence-electron chi connectivity index (χ0n) is 13.1. The van der Waals surface area contributed by atoms with E-state index < -0.39 is 30.3 Å². The zero-order valence-corrected chi connectivity index (χ0v) is 13.1. The van der Waals surface area contributed by atoms with Gasteiger partial charge in [0.25, 0.3) is 5.92 Å². The molecule has 22 heavy (non-hydrogen) atoms. The second-order valence-corrected chi connectivity index (χ2v) is 6.14. The predicted octanol–water partition coefficient (Wildman–Crippen LogP) is 3.14. The van der Waals surface area contributed by atoms with E-state index in [0.29, 0.717) is 6.42 Å². The van der Waals surface area contributed by atoms with Crippen molar-refractivity contribution in [2.75, 3.05) is 6.61 Å². The van der Waals surface area contributed by atoms with Crippen molar-refractivity contribution in [1.82, 2.24) is 5.32 Å². The lowest BCUT2D eigenvalue weighted by Gasteiger charge is -2.28. The first-order valence-corrected chi connectivity index (χ1v) is 7.16. The van der Waals surface area contributed by atoms with E-state index in [-0.39, 0.29) is 6.42 Å². The molecule has 0 unspecified atom stereocenters. The Morgan fingerprint density at radius 3 is 2.36 bits per heavy atom. The van der Waals surface area contributed by atoms with E-state index in [1.165, 1.54) is 0 Å². The molecule has 1 atom stereocenters. The van der Waals surface area contributed by atoms with Crippen LogP contribution in [-0.2, 0) is 11.2 Å². The molecule has 0 saturated carbocycles. The highest BCUT2D eigenvalue weighted by Crippen LogP contribution is 2.22. The fraction of sp³-hybridized carbons (Fsp3) is 0.562. The molecular weight excluding hydrogens is 292 g/mol. The number of nitrogens with one attached hydrogen (secondary N) is 1. The maximum Gasteiger partial charge on any atom is 0.408 e. The minimum absolute atomic E-state index is 0.00316. The van der Waals surface area contributed by atoms with Gasteiger partial charge in [0, 0.05) is 0 Å². The van der Waals surface area contributed by atoms with Crippen molar-refractivity contribution < 1.29 is 23.4 Å². The molecule has 0 aromatic heterocycles. The summed E-state index contributed by atoms with van der Waals surface area (Å²) in [6, 6.07) is 7.62. The molecule has 0 fully saturated rings. The monoisotopic (exact) mass is 315 g/mol. The topological polar surface area (TPSA) is 58.6 Å². The van der Waals surface area contributed by atoms with Crippen LogP contribution in [0.1, 0.15) is 32.8 Å². The molecule has 1 aromatic carbocycles. The van der Waals surface area contributed by atoms with Gasteiger partial charge in [0.15, 0.2) is 0 Å². The quantitative estimate of drug-likeness (QED) is 0.848. The average molecular weight is 315 g/mol. The molecule has 4 nitrogen and oxygen atoms in total. The number of benzene rings is 1. The highest BCUT2D eigenvalue weighted by molar-refractivity contribution is 5.68. The van der Waals surface area contributed by atoms with Gasteiger partial charge >= 0.3 is 6.09 Å². The van der Waals surface area contributed by atoms with Crippen LogP contribution in [-0.4, -0.2) is 35.4 Å². The number of carbonyl (C=O) groups is 1. The maximum absolute atomic E-state index is 13.8. The first-order valence-electron chi connectivity index (χ1n) is 7.16. The van der Waals surface area contributed by atoms with Crippen molar-refractivity contribution in [1.29, 1.82) is 0 Å². The lowest BCUT2D eigenvalue weighted by atomic mass is 10.0. The van der Waals surface area contributed by atoms with E-state index in [1.54, 1.807) is 20.8 Å². The molecular formula is C16H23F2NO3. The number of hydrogen-bond donors (Lipinski definition) is 2.